The second-order valence-corrected chi connectivity index (χ2v) is 17.8. The molecule has 1 aromatic heterocycles. The van der Waals surface area contributed by atoms with Crippen molar-refractivity contribution < 1.29 is 0 Å². The number of benzene rings is 11. The van der Waals surface area contributed by atoms with Crippen molar-refractivity contribution >= 4 is 77.5 Å². The molecular formula is C64H41N3. The van der Waals surface area contributed by atoms with E-state index in [0.29, 0.717) is 0 Å². The highest BCUT2D eigenvalue weighted by molar-refractivity contribution is 6.25. The lowest BCUT2D eigenvalue weighted by atomic mass is 9.70. The molecule has 0 saturated carbocycles. The molecule has 12 aromatic rings. The van der Waals surface area contributed by atoms with E-state index in [1.807, 2.05) is 0 Å². The first kappa shape index (κ1) is 37.6. The van der Waals surface area contributed by atoms with Crippen molar-refractivity contribution in [2.45, 2.75) is 5.41 Å². The quantitative estimate of drug-likeness (QED) is 0.155. The molecule has 0 fully saturated rings. The van der Waals surface area contributed by atoms with E-state index < -0.39 is 5.41 Å². The minimum Gasteiger partial charge on any atom is -0.309 e. The van der Waals surface area contributed by atoms with Crippen LogP contribution in [0.15, 0.2) is 249 Å². The van der Waals surface area contributed by atoms with Crippen LogP contribution >= 0.6 is 0 Å². The van der Waals surface area contributed by atoms with Crippen LogP contribution in [-0.2, 0) is 5.41 Å². The Morgan fingerprint density at radius 3 is 1.39 bits per heavy atom. The first-order chi connectivity index (χ1) is 33.3. The Kier molecular flexibility index (Phi) is 8.20. The summed E-state index contributed by atoms with van der Waals surface area (Å²) in [6, 6.07) is 91.2. The normalized spacial score (nSPS) is 12.9. The molecule has 0 amide bonds. The van der Waals surface area contributed by atoms with Crippen molar-refractivity contribution in [1.82, 2.24) is 4.98 Å². The van der Waals surface area contributed by atoms with Crippen LogP contribution in [0.5, 0.6) is 0 Å². The fourth-order valence-corrected chi connectivity index (χ4v) is 11.7. The fourth-order valence-electron chi connectivity index (χ4n) is 11.7. The van der Waals surface area contributed by atoms with Gasteiger partial charge in [0.25, 0.3) is 0 Å². The number of aromatic nitrogens is 1. The van der Waals surface area contributed by atoms with Gasteiger partial charge in [-0.15, -0.1) is 0 Å². The van der Waals surface area contributed by atoms with Gasteiger partial charge in [-0.05, 0) is 121 Å². The number of nitrogens with zero attached hydrogens (tertiary/aromatic N) is 3. The molecule has 0 saturated heterocycles. The number of hydrogen-bond acceptors (Lipinski definition) is 3. The Morgan fingerprint density at radius 1 is 0.299 bits per heavy atom. The van der Waals surface area contributed by atoms with E-state index in [0.717, 1.165) is 50.5 Å². The number of hydrogen-bond donors (Lipinski definition) is 0. The zero-order valence-corrected chi connectivity index (χ0v) is 36.5. The molecule has 11 aromatic carbocycles. The summed E-state index contributed by atoms with van der Waals surface area (Å²) in [7, 11) is 0. The second-order valence-electron chi connectivity index (χ2n) is 17.8. The summed E-state index contributed by atoms with van der Waals surface area (Å²) >= 11 is 0. The van der Waals surface area contributed by atoms with Crippen molar-refractivity contribution in [2.75, 3.05) is 9.80 Å². The summed E-state index contributed by atoms with van der Waals surface area (Å²) < 4.78 is 0. The summed E-state index contributed by atoms with van der Waals surface area (Å²) in [6.07, 6.45) is 0. The Hall–Kier alpha value is -8.79. The number of rotatable bonds is 6. The van der Waals surface area contributed by atoms with Crippen LogP contribution < -0.4 is 9.80 Å². The van der Waals surface area contributed by atoms with Gasteiger partial charge in [-0.1, -0.05) is 188 Å². The standard InChI is InChI=1S/C64H41N3/c1-3-21-43(22-4-1)66(59-37-19-35-57-63(59)51-31-14-17-34-56(51)64(57)54-32-15-12-27-47(54)48-28-13-16-33-55(48)64)60-40-52-46-26-9-11-30-50(46)61(41-53(52)45-25-8-10-29-49(45)60)67(44-23-5-2-6-24-44)62-39-38-42-20-7-18-36-58(42)65-62/h1-41H. The third kappa shape index (κ3) is 5.37. The predicted octanol–water partition coefficient (Wildman–Crippen LogP) is 17.0. The van der Waals surface area contributed by atoms with Gasteiger partial charge in [-0.2, -0.15) is 0 Å². The van der Waals surface area contributed by atoms with Gasteiger partial charge < -0.3 is 4.90 Å². The molecule has 0 aliphatic heterocycles. The van der Waals surface area contributed by atoms with Gasteiger partial charge in [0.1, 0.15) is 5.82 Å². The monoisotopic (exact) mass is 851 g/mol. The topological polar surface area (TPSA) is 19.4 Å². The molecule has 312 valence electrons. The lowest BCUT2D eigenvalue weighted by Gasteiger charge is -2.32. The molecule has 0 N–H and O–H groups in total. The maximum Gasteiger partial charge on any atom is 0.138 e. The lowest BCUT2D eigenvalue weighted by molar-refractivity contribution is 0.794. The summed E-state index contributed by atoms with van der Waals surface area (Å²) in [6.45, 7) is 0. The van der Waals surface area contributed by atoms with Crippen LogP contribution in [0, 0.1) is 0 Å². The van der Waals surface area contributed by atoms with E-state index in [9.17, 15) is 0 Å². The zero-order chi connectivity index (χ0) is 44.1. The van der Waals surface area contributed by atoms with E-state index in [1.54, 1.807) is 0 Å². The van der Waals surface area contributed by atoms with Crippen molar-refractivity contribution in [3.8, 4) is 22.3 Å². The molecule has 67 heavy (non-hydrogen) atoms. The van der Waals surface area contributed by atoms with E-state index in [1.165, 1.54) is 71.4 Å². The maximum absolute atomic E-state index is 5.30. The van der Waals surface area contributed by atoms with Gasteiger partial charge in [0, 0.05) is 33.1 Å². The van der Waals surface area contributed by atoms with Crippen LogP contribution in [0.2, 0.25) is 0 Å². The number of fused-ring (bicyclic) bond motifs is 16. The molecule has 2 aliphatic rings. The number of pyridine rings is 1. The van der Waals surface area contributed by atoms with Gasteiger partial charge in [0.15, 0.2) is 0 Å². The molecule has 3 heteroatoms. The Morgan fingerprint density at radius 2 is 0.761 bits per heavy atom. The minimum absolute atomic E-state index is 0.458. The van der Waals surface area contributed by atoms with Crippen LogP contribution in [-0.4, -0.2) is 4.98 Å². The molecule has 14 rings (SSSR count). The first-order valence-corrected chi connectivity index (χ1v) is 23.1. The maximum atomic E-state index is 5.30. The van der Waals surface area contributed by atoms with E-state index in [-0.39, 0.29) is 0 Å². The molecule has 1 spiro atoms. The van der Waals surface area contributed by atoms with Gasteiger partial charge >= 0.3 is 0 Å². The van der Waals surface area contributed by atoms with E-state index in [2.05, 4.69) is 259 Å². The smallest absolute Gasteiger partial charge is 0.138 e. The van der Waals surface area contributed by atoms with Crippen molar-refractivity contribution in [1.29, 1.82) is 0 Å². The summed E-state index contributed by atoms with van der Waals surface area (Å²) in [5.74, 6) is 0.870. The van der Waals surface area contributed by atoms with Crippen molar-refractivity contribution in [3.05, 3.63) is 271 Å². The number of anilines is 6. The first-order valence-electron chi connectivity index (χ1n) is 23.1. The molecule has 3 nitrogen and oxygen atoms in total. The second kappa shape index (κ2) is 14.6. The minimum atomic E-state index is -0.458. The third-order valence-corrected chi connectivity index (χ3v) is 14.4. The Balaban J connectivity index is 1.06. The van der Waals surface area contributed by atoms with Gasteiger partial charge in [-0.3, -0.25) is 4.90 Å². The average Bonchev–Trinajstić information content (AvgIpc) is 3.87. The third-order valence-electron chi connectivity index (χ3n) is 14.4. The molecule has 2 aliphatic carbocycles. The molecule has 0 radical (unpaired) electrons. The van der Waals surface area contributed by atoms with E-state index >= 15 is 0 Å². The highest BCUT2D eigenvalue weighted by Crippen LogP contribution is 2.65. The molecule has 0 unspecified atom stereocenters. The molecule has 1 heterocycles. The predicted molar refractivity (Wildman–Crippen MR) is 280 cm³/mol. The summed E-state index contributed by atoms with van der Waals surface area (Å²) in [5.41, 5.74) is 16.5. The van der Waals surface area contributed by atoms with Crippen molar-refractivity contribution in [3.63, 3.8) is 0 Å². The molecule has 0 atom stereocenters. The Bertz CT molecular complexity index is 3900. The SMILES string of the molecule is c1ccc(N(c2ccc3ccccc3n2)c2cc3c4ccccc4c(N(c4ccccc4)c4cccc5c4-c4ccccc4C54c5ccccc5-c5ccccc54)cc3c3ccccc23)cc1. The van der Waals surface area contributed by atoms with E-state index in [4.69, 9.17) is 4.98 Å². The molecule has 0 bridgehead atoms. The van der Waals surface area contributed by atoms with Crippen LogP contribution in [0.3, 0.4) is 0 Å². The Labute approximate surface area is 389 Å². The van der Waals surface area contributed by atoms with Gasteiger partial charge in [-0.25, -0.2) is 4.98 Å². The highest BCUT2D eigenvalue weighted by atomic mass is 15.2. The lowest BCUT2D eigenvalue weighted by Crippen LogP contribution is -2.26. The van der Waals surface area contributed by atoms with Crippen molar-refractivity contribution in [2.24, 2.45) is 0 Å². The van der Waals surface area contributed by atoms with Crippen LogP contribution in [0.4, 0.5) is 34.3 Å². The number of para-hydroxylation sites is 3. The van der Waals surface area contributed by atoms with Gasteiger partial charge in [0.05, 0.1) is 28.0 Å². The summed E-state index contributed by atoms with van der Waals surface area (Å²) in [5, 5.41) is 8.18. The van der Waals surface area contributed by atoms with Gasteiger partial charge in [0.2, 0.25) is 0 Å². The molecular weight excluding hydrogens is 811 g/mol. The summed E-state index contributed by atoms with van der Waals surface area (Å²) in [4.78, 5) is 10.2. The average molecular weight is 852 g/mol. The van der Waals surface area contributed by atoms with Crippen LogP contribution in [0.1, 0.15) is 22.3 Å². The fraction of sp³-hybridized carbons (Fsp3) is 0.0156. The largest absolute Gasteiger partial charge is 0.309 e. The zero-order valence-electron chi connectivity index (χ0n) is 36.5. The van der Waals surface area contributed by atoms with Crippen LogP contribution in [0.25, 0.3) is 65.5 Å². The highest BCUT2D eigenvalue weighted by Gasteiger charge is 2.52.